The molecule has 9 heteroatoms. The van der Waals surface area contributed by atoms with E-state index in [9.17, 15) is 13.2 Å². The van der Waals surface area contributed by atoms with E-state index in [2.05, 4.69) is 10.3 Å². The Kier molecular flexibility index (Phi) is 6.05. The van der Waals surface area contributed by atoms with Gasteiger partial charge in [-0.05, 0) is 43.5 Å². The minimum absolute atomic E-state index is 0.110. The fourth-order valence-electron chi connectivity index (χ4n) is 2.95. The van der Waals surface area contributed by atoms with E-state index >= 15 is 0 Å². The van der Waals surface area contributed by atoms with Gasteiger partial charge in [-0.3, -0.25) is 4.79 Å². The minimum atomic E-state index is -3.60. The first-order valence-corrected chi connectivity index (χ1v) is 10.7. The molecule has 1 fully saturated rings. The molecule has 1 aromatic carbocycles. The smallest absolute Gasteiger partial charge is 0.257 e. The second-order valence-corrected chi connectivity index (χ2v) is 9.07. The van der Waals surface area contributed by atoms with E-state index in [1.807, 2.05) is 0 Å². The van der Waals surface area contributed by atoms with Crippen molar-refractivity contribution in [2.24, 2.45) is 0 Å². The third-order valence-corrected chi connectivity index (χ3v) is 7.16. The van der Waals surface area contributed by atoms with Gasteiger partial charge in [0.2, 0.25) is 10.0 Å². The molecule has 0 aliphatic carbocycles. The van der Waals surface area contributed by atoms with Gasteiger partial charge in [-0.2, -0.15) is 4.31 Å². The van der Waals surface area contributed by atoms with Crippen LogP contribution >= 0.6 is 23.2 Å². The summed E-state index contributed by atoms with van der Waals surface area (Å²) in [6.45, 7) is 2.78. The van der Waals surface area contributed by atoms with Crippen molar-refractivity contribution >= 4 is 44.8 Å². The highest BCUT2D eigenvalue weighted by Crippen LogP contribution is 2.26. The Morgan fingerprint density at radius 3 is 2.52 bits per heavy atom. The van der Waals surface area contributed by atoms with E-state index in [4.69, 9.17) is 23.2 Å². The van der Waals surface area contributed by atoms with Crippen LogP contribution < -0.4 is 5.32 Å². The van der Waals surface area contributed by atoms with Crippen molar-refractivity contribution in [3.63, 3.8) is 0 Å². The summed E-state index contributed by atoms with van der Waals surface area (Å²) in [6, 6.07) is 6.24. The Hall–Kier alpha value is -1.67. The number of nitrogens with one attached hydrogen (secondary N) is 1. The number of hydrogen-bond acceptors (Lipinski definition) is 4. The first kappa shape index (κ1) is 20.1. The topological polar surface area (TPSA) is 79.4 Å². The molecule has 0 spiro atoms. The molecule has 1 aromatic heterocycles. The molecule has 1 saturated heterocycles. The molecular formula is C18H19Cl2N3O3S. The summed E-state index contributed by atoms with van der Waals surface area (Å²) in [6.07, 6.45) is 4.07. The van der Waals surface area contributed by atoms with Crippen molar-refractivity contribution in [2.45, 2.75) is 31.1 Å². The van der Waals surface area contributed by atoms with E-state index in [1.165, 1.54) is 22.6 Å². The number of aromatic nitrogens is 1. The predicted octanol–water partition coefficient (Wildman–Crippen LogP) is 4.12. The lowest BCUT2D eigenvalue weighted by Gasteiger charge is -2.26. The SMILES string of the molecule is Cc1ccc(NC(=O)c2cnc(Cl)c(Cl)c2)cc1S(=O)(=O)N1CCCCC1. The van der Waals surface area contributed by atoms with Crippen LogP contribution in [0, 0.1) is 6.92 Å². The molecule has 0 unspecified atom stereocenters. The quantitative estimate of drug-likeness (QED) is 0.743. The second-order valence-electron chi connectivity index (χ2n) is 6.40. The van der Waals surface area contributed by atoms with E-state index in [0.29, 0.717) is 24.3 Å². The maximum atomic E-state index is 13.0. The molecule has 144 valence electrons. The molecule has 0 radical (unpaired) electrons. The number of rotatable bonds is 4. The van der Waals surface area contributed by atoms with E-state index in [0.717, 1.165) is 19.3 Å². The summed E-state index contributed by atoms with van der Waals surface area (Å²) in [7, 11) is -3.60. The lowest BCUT2D eigenvalue weighted by molar-refractivity contribution is 0.102. The Balaban J connectivity index is 1.86. The molecule has 6 nitrogen and oxygen atoms in total. The highest BCUT2D eigenvalue weighted by Gasteiger charge is 2.27. The number of aryl methyl sites for hydroxylation is 1. The van der Waals surface area contributed by atoms with Crippen LogP contribution in [0.3, 0.4) is 0 Å². The number of sulfonamides is 1. The number of carbonyl (C=O) groups is 1. The van der Waals surface area contributed by atoms with Gasteiger partial charge in [0.1, 0.15) is 5.15 Å². The molecule has 0 bridgehead atoms. The zero-order valence-electron chi connectivity index (χ0n) is 14.7. The van der Waals surface area contributed by atoms with Crippen LogP contribution in [0.5, 0.6) is 0 Å². The van der Waals surface area contributed by atoms with Crippen LogP contribution in [0.15, 0.2) is 35.4 Å². The summed E-state index contributed by atoms with van der Waals surface area (Å²) in [5.41, 5.74) is 1.24. The van der Waals surface area contributed by atoms with Gasteiger partial charge in [-0.1, -0.05) is 35.7 Å². The average molecular weight is 428 g/mol. The van der Waals surface area contributed by atoms with Gasteiger partial charge >= 0.3 is 0 Å². The van der Waals surface area contributed by atoms with E-state index < -0.39 is 15.9 Å². The van der Waals surface area contributed by atoms with Gasteiger partial charge in [0.15, 0.2) is 0 Å². The summed E-state index contributed by atoms with van der Waals surface area (Å²) >= 11 is 11.7. The van der Waals surface area contributed by atoms with Crippen molar-refractivity contribution in [3.05, 3.63) is 51.8 Å². The maximum Gasteiger partial charge on any atom is 0.257 e. The van der Waals surface area contributed by atoms with Gasteiger partial charge in [0.05, 0.1) is 15.5 Å². The van der Waals surface area contributed by atoms with Crippen LogP contribution in [0.1, 0.15) is 35.2 Å². The van der Waals surface area contributed by atoms with Crippen LogP contribution in [0.2, 0.25) is 10.2 Å². The van der Waals surface area contributed by atoms with Gasteiger partial charge in [-0.15, -0.1) is 0 Å². The molecule has 1 aliphatic rings. The Morgan fingerprint density at radius 1 is 1.15 bits per heavy atom. The minimum Gasteiger partial charge on any atom is -0.322 e. The van der Waals surface area contributed by atoms with Crippen LogP contribution in [-0.2, 0) is 10.0 Å². The molecule has 1 aliphatic heterocycles. The number of piperidine rings is 1. The van der Waals surface area contributed by atoms with Gasteiger partial charge < -0.3 is 5.32 Å². The van der Waals surface area contributed by atoms with E-state index in [-0.39, 0.29) is 20.6 Å². The summed E-state index contributed by atoms with van der Waals surface area (Å²) in [4.78, 5) is 16.5. The normalized spacial score (nSPS) is 15.5. The van der Waals surface area contributed by atoms with Crippen molar-refractivity contribution in [3.8, 4) is 0 Å². The lowest BCUT2D eigenvalue weighted by atomic mass is 10.2. The number of carbonyl (C=O) groups excluding carboxylic acids is 1. The molecule has 2 aromatic rings. The predicted molar refractivity (Wildman–Crippen MR) is 106 cm³/mol. The third-order valence-electron chi connectivity index (χ3n) is 4.44. The number of hydrogen-bond donors (Lipinski definition) is 1. The molecule has 0 saturated carbocycles. The van der Waals surface area contributed by atoms with Crippen molar-refractivity contribution in [1.82, 2.24) is 9.29 Å². The number of pyridine rings is 1. The molecule has 1 N–H and O–H groups in total. The fraction of sp³-hybridized carbons (Fsp3) is 0.333. The van der Waals surface area contributed by atoms with Gasteiger partial charge in [-0.25, -0.2) is 13.4 Å². The first-order valence-electron chi connectivity index (χ1n) is 8.52. The van der Waals surface area contributed by atoms with Crippen LogP contribution in [0.4, 0.5) is 5.69 Å². The number of halogens is 2. The van der Waals surface area contributed by atoms with Crippen molar-refractivity contribution in [1.29, 1.82) is 0 Å². The zero-order valence-corrected chi connectivity index (χ0v) is 17.0. The number of nitrogens with zero attached hydrogens (tertiary/aromatic N) is 2. The third kappa shape index (κ3) is 4.43. The van der Waals surface area contributed by atoms with Crippen molar-refractivity contribution < 1.29 is 13.2 Å². The van der Waals surface area contributed by atoms with Crippen LogP contribution in [0.25, 0.3) is 0 Å². The Labute approximate surface area is 168 Å². The summed E-state index contributed by atoms with van der Waals surface area (Å²) in [5.74, 6) is -0.453. The van der Waals surface area contributed by atoms with Crippen molar-refractivity contribution in [2.75, 3.05) is 18.4 Å². The standard InChI is InChI=1S/C18H19Cl2N3O3S/c1-12-5-6-14(22-18(24)13-9-15(19)17(20)21-11-13)10-16(12)27(25,26)23-7-3-2-4-8-23/h5-6,9-11H,2-4,7-8H2,1H3,(H,22,24). The average Bonchev–Trinajstić information content (AvgIpc) is 2.66. The fourth-order valence-corrected chi connectivity index (χ4v) is 4.99. The summed E-state index contributed by atoms with van der Waals surface area (Å²) < 4.78 is 27.4. The summed E-state index contributed by atoms with van der Waals surface area (Å²) in [5, 5.41) is 2.96. The van der Waals surface area contributed by atoms with Crippen LogP contribution in [-0.4, -0.2) is 36.7 Å². The monoisotopic (exact) mass is 427 g/mol. The highest BCUT2D eigenvalue weighted by molar-refractivity contribution is 7.89. The molecular weight excluding hydrogens is 409 g/mol. The molecule has 2 heterocycles. The maximum absolute atomic E-state index is 13.0. The molecule has 1 amide bonds. The first-order chi connectivity index (χ1) is 12.8. The zero-order chi connectivity index (χ0) is 19.6. The second kappa shape index (κ2) is 8.14. The molecule has 3 rings (SSSR count). The number of anilines is 1. The Morgan fingerprint density at radius 2 is 1.85 bits per heavy atom. The number of amides is 1. The van der Waals surface area contributed by atoms with E-state index in [1.54, 1.807) is 19.1 Å². The lowest BCUT2D eigenvalue weighted by Crippen LogP contribution is -2.36. The van der Waals surface area contributed by atoms with Gasteiger partial charge in [0, 0.05) is 25.0 Å². The number of benzene rings is 1. The molecule has 0 atom stereocenters. The largest absolute Gasteiger partial charge is 0.322 e. The van der Waals surface area contributed by atoms with Gasteiger partial charge in [0.25, 0.3) is 5.91 Å². The Bertz CT molecular complexity index is 974. The highest BCUT2D eigenvalue weighted by atomic mass is 35.5. The molecule has 27 heavy (non-hydrogen) atoms.